The summed E-state index contributed by atoms with van der Waals surface area (Å²) in [6, 6.07) is 0. The molecule has 14 heavy (non-hydrogen) atoms. The molecule has 0 aromatic rings. The average Bonchev–Trinajstić information content (AvgIpc) is 2.63. The third-order valence-electron chi connectivity index (χ3n) is 3.71. The third kappa shape index (κ3) is 2.27. The van der Waals surface area contributed by atoms with E-state index >= 15 is 0 Å². The number of hydrogen-bond donors (Lipinski definition) is 1. The van der Waals surface area contributed by atoms with Gasteiger partial charge in [0.15, 0.2) is 0 Å². The Labute approximate surface area is 87.2 Å². The summed E-state index contributed by atoms with van der Waals surface area (Å²) in [7, 11) is 0. The second-order valence-electron chi connectivity index (χ2n) is 4.98. The minimum absolute atomic E-state index is 0.144. The highest BCUT2D eigenvalue weighted by molar-refractivity contribution is 4.98. The summed E-state index contributed by atoms with van der Waals surface area (Å²) in [5.74, 6) is 0. The van der Waals surface area contributed by atoms with Crippen LogP contribution in [-0.2, 0) is 0 Å². The van der Waals surface area contributed by atoms with Gasteiger partial charge in [-0.15, -0.1) is 0 Å². The molecule has 2 aliphatic rings. The first-order valence-electron chi connectivity index (χ1n) is 5.95. The van der Waals surface area contributed by atoms with Crippen LogP contribution in [0.4, 0.5) is 0 Å². The lowest BCUT2D eigenvalue weighted by molar-refractivity contribution is 0.0597. The molecule has 2 fully saturated rings. The Balaban J connectivity index is 1.60. The fourth-order valence-electron chi connectivity index (χ4n) is 2.52. The van der Waals surface area contributed by atoms with Crippen molar-refractivity contribution in [1.29, 1.82) is 0 Å². The fraction of sp³-hybridized carbons (Fsp3) is 1.00. The first-order chi connectivity index (χ1) is 6.72. The molecule has 0 spiro atoms. The van der Waals surface area contributed by atoms with Crippen LogP contribution < -0.4 is 5.73 Å². The van der Waals surface area contributed by atoms with E-state index in [2.05, 4.69) is 16.7 Å². The zero-order valence-electron chi connectivity index (χ0n) is 9.34. The number of hydrogen-bond acceptors (Lipinski definition) is 3. The van der Waals surface area contributed by atoms with Crippen LogP contribution >= 0.6 is 0 Å². The van der Waals surface area contributed by atoms with Gasteiger partial charge >= 0.3 is 0 Å². The summed E-state index contributed by atoms with van der Waals surface area (Å²) in [6.07, 6.45) is 3.92. The SMILES string of the molecule is CCC1(N)CN(CCN2CCCC2)C1. The molecule has 2 N–H and O–H groups in total. The Morgan fingerprint density at radius 1 is 1.07 bits per heavy atom. The number of rotatable bonds is 4. The van der Waals surface area contributed by atoms with Crippen molar-refractivity contribution < 1.29 is 0 Å². The molecule has 82 valence electrons. The maximum atomic E-state index is 6.12. The minimum Gasteiger partial charge on any atom is -0.323 e. The van der Waals surface area contributed by atoms with Crippen molar-refractivity contribution in [2.45, 2.75) is 31.7 Å². The summed E-state index contributed by atoms with van der Waals surface area (Å²) in [5, 5.41) is 0. The maximum Gasteiger partial charge on any atom is 0.0409 e. The van der Waals surface area contributed by atoms with Gasteiger partial charge in [0.2, 0.25) is 0 Å². The van der Waals surface area contributed by atoms with Crippen molar-refractivity contribution in [2.24, 2.45) is 5.73 Å². The zero-order valence-corrected chi connectivity index (χ0v) is 9.34. The van der Waals surface area contributed by atoms with E-state index in [-0.39, 0.29) is 5.54 Å². The van der Waals surface area contributed by atoms with Gasteiger partial charge < -0.3 is 10.6 Å². The molecule has 0 saturated carbocycles. The fourth-order valence-corrected chi connectivity index (χ4v) is 2.52. The van der Waals surface area contributed by atoms with Gasteiger partial charge in [0.1, 0.15) is 0 Å². The van der Waals surface area contributed by atoms with Crippen molar-refractivity contribution >= 4 is 0 Å². The Kier molecular flexibility index (Phi) is 3.10. The van der Waals surface area contributed by atoms with Gasteiger partial charge in [-0.3, -0.25) is 4.90 Å². The molecule has 0 unspecified atom stereocenters. The van der Waals surface area contributed by atoms with E-state index < -0.39 is 0 Å². The van der Waals surface area contributed by atoms with Crippen molar-refractivity contribution in [3.8, 4) is 0 Å². The van der Waals surface area contributed by atoms with Gasteiger partial charge in [-0.25, -0.2) is 0 Å². The molecular weight excluding hydrogens is 174 g/mol. The number of nitrogens with two attached hydrogens (primary N) is 1. The second-order valence-corrected chi connectivity index (χ2v) is 4.98. The summed E-state index contributed by atoms with van der Waals surface area (Å²) in [4.78, 5) is 5.06. The Morgan fingerprint density at radius 3 is 2.21 bits per heavy atom. The highest BCUT2D eigenvalue weighted by Crippen LogP contribution is 2.21. The van der Waals surface area contributed by atoms with E-state index in [9.17, 15) is 0 Å². The molecule has 2 heterocycles. The topological polar surface area (TPSA) is 32.5 Å². The van der Waals surface area contributed by atoms with Gasteiger partial charge in [0.05, 0.1) is 0 Å². The van der Waals surface area contributed by atoms with Crippen LogP contribution in [0.2, 0.25) is 0 Å². The lowest BCUT2D eigenvalue weighted by atomic mass is 9.88. The molecule has 0 aromatic heterocycles. The van der Waals surface area contributed by atoms with Gasteiger partial charge in [-0.2, -0.15) is 0 Å². The van der Waals surface area contributed by atoms with Crippen LogP contribution in [0, 0.1) is 0 Å². The van der Waals surface area contributed by atoms with Gasteiger partial charge in [-0.1, -0.05) is 6.92 Å². The molecule has 2 saturated heterocycles. The van der Waals surface area contributed by atoms with Crippen molar-refractivity contribution in [2.75, 3.05) is 39.3 Å². The summed E-state index contributed by atoms with van der Waals surface area (Å²) >= 11 is 0. The molecule has 3 heteroatoms. The molecular formula is C11H23N3. The molecule has 0 aliphatic carbocycles. The van der Waals surface area contributed by atoms with Crippen LogP contribution in [0.25, 0.3) is 0 Å². The molecule has 0 radical (unpaired) electrons. The summed E-state index contributed by atoms with van der Waals surface area (Å²) in [5.41, 5.74) is 6.26. The molecule has 0 aromatic carbocycles. The Hall–Kier alpha value is -0.120. The summed E-state index contributed by atoms with van der Waals surface area (Å²) < 4.78 is 0. The number of nitrogens with zero attached hydrogens (tertiary/aromatic N) is 2. The van der Waals surface area contributed by atoms with Crippen LogP contribution in [0.15, 0.2) is 0 Å². The molecule has 2 rings (SSSR count). The van der Waals surface area contributed by atoms with E-state index in [1.807, 2.05) is 0 Å². The smallest absolute Gasteiger partial charge is 0.0409 e. The summed E-state index contributed by atoms with van der Waals surface area (Å²) in [6.45, 7) is 9.51. The van der Waals surface area contributed by atoms with Gasteiger partial charge in [-0.05, 0) is 32.4 Å². The predicted molar refractivity (Wildman–Crippen MR) is 59.3 cm³/mol. The van der Waals surface area contributed by atoms with Crippen LogP contribution in [0.5, 0.6) is 0 Å². The number of likely N-dealkylation sites (tertiary alicyclic amines) is 2. The van der Waals surface area contributed by atoms with Crippen molar-refractivity contribution in [3.05, 3.63) is 0 Å². The predicted octanol–water partition coefficient (Wildman–Crippen LogP) is 0.505. The van der Waals surface area contributed by atoms with E-state index in [0.29, 0.717) is 0 Å². The Morgan fingerprint density at radius 2 is 1.64 bits per heavy atom. The second kappa shape index (κ2) is 4.17. The van der Waals surface area contributed by atoms with Crippen molar-refractivity contribution in [3.63, 3.8) is 0 Å². The van der Waals surface area contributed by atoms with Crippen LogP contribution in [-0.4, -0.2) is 54.6 Å². The van der Waals surface area contributed by atoms with Gasteiger partial charge in [0.25, 0.3) is 0 Å². The third-order valence-corrected chi connectivity index (χ3v) is 3.71. The van der Waals surface area contributed by atoms with E-state index in [1.54, 1.807) is 0 Å². The normalized spacial score (nSPS) is 27.9. The van der Waals surface area contributed by atoms with E-state index in [0.717, 1.165) is 19.5 Å². The minimum atomic E-state index is 0.144. The van der Waals surface area contributed by atoms with Crippen LogP contribution in [0.3, 0.4) is 0 Å². The first kappa shape index (κ1) is 10.4. The zero-order chi connectivity index (χ0) is 10.0. The van der Waals surface area contributed by atoms with E-state index in [1.165, 1.54) is 39.0 Å². The highest BCUT2D eigenvalue weighted by Gasteiger charge is 2.37. The molecule has 0 atom stereocenters. The molecule has 0 bridgehead atoms. The van der Waals surface area contributed by atoms with Crippen LogP contribution in [0.1, 0.15) is 26.2 Å². The lowest BCUT2D eigenvalue weighted by Crippen LogP contribution is -2.67. The molecule has 3 nitrogen and oxygen atoms in total. The lowest BCUT2D eigenvalue weighted by Gasteiger charge is -2.47. The quantitative estimate of drug-likeness (QED) is 0.712. The molecule has 2 aliphatic heterocycles. The average molecular weight is 197 g/mol. The van der Waals surface area contributed by atoms with Crippen molar-refractivity contribution in [1.82, 2.24) is 9.80 Å². The Bertz CT molecular complexity index is 181. The van der Waals surface area contributed by atoms with E-state index in [4.69, 9.17) is 5.73 Å². The maximum absolute atomic E-state index is 6.12. The first-order valence-corrected chi connectivity index (χ1v) is 5.95. The molecule has 0 amide bonds. The van der Waals surface area contributed by atoms with Gasteiger partial charge in [0, 0.05) is 31.7 Å². The standard InChI is InChI=1S/C11H23N3/c1-2-11(12)9-14(10-11)8-7-13-5-3-4-6-13/h2-10,12H2,1H3. The monoisotopic (exact) mass is 197 g/mol. The highest BCUT2D eigenvalue weighted by atomic mass is 15.3. The largest absolute Gasteiger partial charge is 0.323 e.